The molecule has 0 aromatic rings. The highest BCUT2D eigenvalue weighted by Crippen LogP contribution is 2.08. The van der Waals surface area contributed by atoms with Crippen LogP contribution in [0.3, 0.4) is 0 Å². The Kier molecular flexibility index (Phi) is 30.9. The van der Waals surface area contributed by atoms with E-state index in [9.17, 15) is 9.59 Å². The van der Waals surface area contributed by atoms with Crippen LogP contribution < -0.4 is 10.6 Å². The van der Waals surface area contributed by atoms with Crippen LogP contribution >= 0.6 is 0 Å². The highest BCUT2D eigenvalue weighted by molar-refractivity contribution is 5.66. The summed E-state index contributed by atoms with van der Waals surface area (Å²) in [5, 5.41) is 22.9. The summed E-state index contributed by atoms with van der Waals surface area (Å²) in [6, 6.07) is 0. The Morgan fingerprint density at radius 2 is 0.833 bits per heavy atom. The van der Waals surface area contributed by atoms with Crippen molar-refractivity contribution in [2.24, 2.45) is 0 Å². The first-order valence-corrected chi connectivity index (χ1v) is 9.31. The van der Waals surface area contributed by atoms with E-state index >= 15 is 0 Å². The average Bonchev–Trinajstić information content (AvgIpc) is 2.52. The molecule has 0 spiro atoms. The Bertz CT molecular complexity index is 231. The third-order valence-electron chi connectivity index (χ3n) is 3.03. The van der Waals surface area contributed by atoms with E-state index in [0.717, 1.165) is 64.7 Å². The summed E-state index contributed by atoms with van der Waals surface area (Å²) in [5.41, 5.74) is 0. The normalized spacial score (nSPS) is 9.33. The van der Waals surface area contributed by atoms with E-state index in [-0.39, 0.29) is 12.8 Å². The quantitative estimate of drug-likeness (QED) is 0.380. The van der Waals surface area contributed by atoms with Gasteiger partial charge in [-0.2, -0.15) is 0 Å². The van der Waals surface area contributed by atoms with Gasteiger partial charge in [0.25, 0.3) is 0 Å². The molecule has 24 heavy (non-hydrogen) atoms. The molecule has 6 heteroatoms. The first-order valence-electron chi connectivity index (χ1n) is 9.31. The van der Waals surface area contributed by atoms with E-state index in [2.05, 4.69) is 38.3 Å². The van der Waals surface area contributed by atoms with Crippen LogP contribution in [0, 0.1) is 0 Å². The minimum atomic E-state index is -0.740. The Labute approximate surface area is 148 Å². The van der Waals surface area contributed by atoms with Crippen molar-refractivity contribution in [1.82, 2.24) is 10.6 Å². The zero-order chi connectivity index (χ0) is 19.1. The van der Waals surface area contributed by atoms with E-state index < -0.39 is 11.9 Å². The number of carboxylic acids is 2. The van der Waals surface area contributed by atoms with Gasteiger partial charge in [0.1, 0.15) is 0 Å². The zero-order valence-electron chi connectivity index (χ0n) is 16.2. The molecule has 4 N–H and O–H groups in total. The maximum Gasteiger partial charge on any atom is 0.303 e. The molecular formula is C18H40N2O4. The van der Waals surface area contributed by atoms with Gasteiger partial charge >= 0.3 is 11.9 Å². The van der Waals surface area contributed by atoms with Gasteiger partial charge in [0.05, 0.1) is 0 Å². The van der Waals surface area contributed by atoms with Crippen molar-refractivity contribution < 1.29 is 19.8 Å². The van der Waals surface area contributed by atoms with E-state index in [1.54, 1.807) is 0 Å². The third kappa shape index (κ3) is 42.8. The fraction of sp³-hybridized carbons (Fsp3) is 0.889. The molecule has 0 aliphatic carbocycles. The van der Waals surface area contributed by atoms with Gasteiger partial charge in [0, 0.05) is 12.8 Å². The number of hydrogen-bond acceptors (Lipinski definition) is 4. The minimum Gasteiger partial charge on any atom is -0.481 e. The van der Waals surface area contributed by atoms with Crippen LogP contribution in [0.2, 0.25) is 0 Å². The molecule has 0 saturated heterocycles. The van der Waals surface area contributed by atoms with Crippen LogP contribution in [0.4, 0.5) is 0 Å². The molecule has 0 atom stereocenters. The molecule has 0 aromatic carbocycles. The second kappa shape index (κ2) is 26.7. The van der Waals surface area contributed by atoms with Crippen LogP contribution in [0.15, 0.2) is 0 Å². The van der Waals surface area contributed by atoms with Gasteiger partial charge in [-0.3, -0.25) is 9.59 Å². The van der Waals surface area contributed by atoms with Crippen molar-refractivity contribution in [3.05, 3.63) is 0 Å². The van der Waals surface area contributed by atoms with Crippen molar-refractivity contribution in [1.29, 1.82) is 0 Å². The molecule has 0 radical (unpaired) electrons. The molecule has 0 unspecified atom stereocenters. The fourth-order valence-corrected chi connectivity index (χ4v) is 1.76. The zero-order valence-corrected chi connectivity index (χ0v) is 16.2. The Hall–Kier alpha value is -1.14. The van der Waals surface area contributed by atoms with E-state index in [4.69, 9.17) is 10.2 Å². The number of carboxylic acid groups (broad SMARTS) is 2. The lowest BCUT2D eigenvalue weighted by Gasteiger charge is -1.98. The number of nitrogens with one attached hydrogen (secondary N) is 2. The first-order chi connectivity index (χ1) is 11.5. The minimum absolute atomic E-state index is 0.245. The van der Waals surface area contributed by atoms with Crippen LogP contribution in [-0.4, -0.2) is 48.3 Å². The molecule has 146 valence electrons. The van der Waals surface area contributed by atoms with Crippen molar-refractivity contribution in [3.63, 3.8) is 0 Å². The summed E-state index contributed by atoms with van der Waals surface area (Å²) in [5.74, 6) is -1.48. The van der Waals surface area contributed by atoms with Crippen molar-refractivity contribution >= 4 is 11.9 Å². The number of rotatable bonds is 13. The van der Waals surface area contributed by atoms with Crippen LogP contribution in [0.1, 0.15) is 79.1 Å². The Morgan fingerprint density at radius 3 is 1.00 bits per heavy atom. The van der Waals surface area contributed by atoms with Gasteiger partial charge in [-0.15, -0.1) is 0 Å². The summed E-state index contributed by atoms with van der Waals surface area (Å²) in [7, 11) is 0. The topological polar surface area (TPSA) is 98.7 Å². The van der Waals surface area contributed by atoms with Gasteiger partial charge in [-0.1, -0.05) is 53.4 Å². The van der Waals surface area contributed by atoms with Gasteiger partial charge < -0.3 is 20.8 Å². The van der Waals surface area contributed by atoms with Gasteiger partial charge in [-0.25, -0.2) is 0 Å². The number of carbonyl (C=O) groups is 2. The molecule has 0 heterocycles. The monoisotopic (exact) mass is 348 g/mol. The van der Waals surface area contributed by atoms with Gasteiger partial charge in [0.15, 0.2) is 0 Å². The molecule has 6 nitrogen and oxygen atoms in total. The summed E-state index contributed by atoms with van der Waals surface area (Å²) < 4.78 is 0. The predicted molar refractivity (Wildman–Crippen MR) is 101 cm³/mol. The molecule has 0 amide bonds. The summed E-state index contributed by atoms with van der Waals surface area (Å²) in [4.78, 5) is 20.3. The third-order valence-corrected chi connectivity index (χ3v) is 3.03. The van der Waals surface area contributed by atoms with Gasteiger partial charge in [-0.05, 0) is 39.0 Å². The highest BCUT2D eigenvalue weighted by Gasteiger charge is 1.98. The highest BCUT2D eigenvalue weighted by atomic mass is 16.4. The molecule has 0 fully saturated rings. The second-order valence-electron chi connectivity index (χ2n) is 5.32. The van der Waals surface area contributed by atoms with E-state index in [1.807, 2.05) is 0 Å². The smallest absolute Gasteiger partial charge is 0.303 e. The molecule has 0 rings (SSSR count). The van der Waals surface area contributed by atoms with E-state index in [0.29, 0.717) is 0 Å². The van der Waals surface area contributed by atoms with Crippen LogP contribution in [0.25, 0.3) is 0 Å². The molecule has 0 bridgehead atoms. The molecule has 0 saturated carbocycles. The largest absolute Gasteiger partial charge is 0.481 e. The molecule has 0 aromatic heterocycles. The maximum atomic E-state index is 10.1. The maximum absolute atomic E-state index is 10.1. The van der Waals surface area contributed by atoms with E-state index in [1.165, 1.54) is 0 Å². The molecule has 0 aliphatic rings. The van der Waals surface area contributed by atoms with Crippen LogP contribution in [-0.2, 0) is 9.59 Å². The molecule has 0 aliphatic heterocycles. The van der Waals surface area contributed by atoms with Crippen molar-refractivity contribution in [3.8, 4) is 0 Å². The number of aliphatic carboxylic acids is 2. The molecular weight excluding hydrogens is 308 g/mol. The summed E-state index contributed by atoms with van der Waals surface area (Å²) in [6.45, 7) is 12.8. The second-order valence-corrected chi connectivity index (χ2v) is 5.32. The average molecular weight is 349 g/mol. The number of unbranched alkanes of at least 4 members (excludes halogenated alkanes) is 5. The summed E-state index contributed by atoms with van der Waals surface area (Å²) in [6.07, 6.45) is 5.82. The van der Waals surface area contributed by atoms with Crippen molar-refractivity contribution in [2.75, 3.05) is 26.2 Å². The number of hydrogen-bond donors (Lipinski definition) is 4. The Balaban J connectivity index is -0.000000361. The lowest BCUT2D eigenvalue weighted by molar-refractivity contribution is -0.138. The van der Waals surface area contributed by atoms with Gasteiger partial charge in [0.2, 0.25) is 0 Å². The summed E-state index contributed by atoms with van der Waals surface area (Å²) >= 11 is 0. The lowest BCUT2D eigenvalue weighted by Crippen LogP contribution is -2.09. The van der Waals surface area contributed by atoms with Crippen molar-refractivity contribution in [2.45, 2.75) is 79.1 Å². The predicted octanol–water partition coefficient (Wildman–Crippen LogP) is 3.51. The van der Waals surface area contributed by atoms with Crippen LogP contribution in [0.5, 0.6) is 0 Å². The first kappa shape index (κ1) is 27.7. The standard InChI is InChI=1S/C10H18O4.2C4H11N/c11-9(12)7-5-3-1-2-4-6-8-10(13)14;2*1-3-5-4-2/h1-8H2,(H,11,12)(H,13,14);2*5H,3-4H2,1-2H3. The SMILES string of the molecule is CCNCC.CCNCC.O=C(O)CCCCCCCCC(=O)O. The lowest BCUT2D eigenvalue weighted by atomic mass is 10.1. The fourth-order valence-electron chi connectivity index (χ4n) is 1.76. The Morgan fingerprint density at radius 1 is 0.583 bits per heavy atom.